The molecule has 0 radical (unpaired) electrons. The summed E-state index contributed by atoms with van der Waals surface area (Å²) in [6.07, 6.45) is 0.785. The minimum absolute atomic E-state index is 0.198. The lowest BCUT2D eigenvalue weighted by molar-refractivity contribution is 0.0520. The number of thiazole rings is 1. The summed E-state index contributed by atoms with van der Waals surface area (Å²) < 4.78 is 4.93. The SMILES string of the molecule is CCCN(Cc1nc(C(=O)OCC)cs1)C(=O)c1ccc(Cl)cc1Cl. The van der Waals surface area contributed by atoms with E-state index in [0.29, 0.717) is 40.3 Å². The Hall–Kier alpha value is -1.63. The van der Waals surface area contributed by atoms with Crippen LogP contribution in [0, 0.1) is 0 Å². The predicted molar refractivity (Wildman–Crippen MR) is 99.6 cm³/mol. The molecule has 1 aromatic heterocycles. The Balaban J connectivity index is 2.18. The van der Waals surface area contributed by atoms with Gasteiger partial charge in [0.05, 0.1) is 23.7 Å². The molecular formula is C17H18Cl2N2O3S. The van der Waals surface area contributed by atoms with Crippen molar-refractivity contribution in [3.63, 3.8) is 0 Å². The molecule has 0 saturated heterocycles. The van der Waals surface area contributed by atoms with Crippen molar-refractivity contribution in [3.05, 3.63) is 49.9 Å². The second-order valence-corrected chi connectivity index (χ2v) is 6.98. The molecule has 25 heavy (non-hydrogen) atoms. The van der Waals surface area contributed by atoms with Gasteiger partial charge < -0.3 is 9.64 Å². The molecular weight excluding hydrogens is 383 g/mol. The Labute approximate surface area is 160 Å². The average molecular weight is 401 g/mol. The molecule has 134 valence electrons. The molecule has 0 saturated carbocycles. The van der Waals surface area contributed by atoms with E-state index in [4.69, 9.17) is 27.9 Å². The molecule has 0 spiro atoms. The first-order valence-corrected chi connectivity index (χ1v) is 9.45. The maximum atomic E-state index is 12.8. The van der Waals surface area contributed by atoms with Crippen LogP contribution in [0.15, 0.2) is 23.6 Å². The van der Waals surface area contributed by atoms with Gasteiger partial charge in [-0.15, -0.1) is 11.3 Å². The molecule has 0 bridgehead atoms. The third kappa shape index (κ3) is 5.17. The van der Waals surface area contributed by atoms with Crippen LogP contribution in [0.2, 0.25) is 10.0 Å². The van der Waals surface area contributed by atoms with Crippen LogP contribution in [-0.2, 0) is 11.3 Å². The number of hydrogen-bond donors (Lipinski definition) is 0. The van der Waals surface area contributed by atoms with E-state index < -0.39 is 5.97 Å². The van der Waals surface area contributed by atoms with Crippen LogP contribution >= 0.6 is 34.5 Å². The lowest BCUT2D eigenvalue weighted by Gasteiger charge is -2.21. The number of benzene rings is 1. The first-order chi connectivity index (χ1) is 12.0. The van der Waals surface area contributed by atoms with Crippen molar-refractivity contribution in [1.29, 1.82) is 0 Å². The Morgan fingerprint density at radius 2 is 2.04 bits per heavy atom. The van der Waals surface area contributed by atoms with Gasteiger partial charge >= 0.3 is 5.97 Å². The van der Waals surface area contributed by atoms with Gasteiger partial charge in [0.1, 0.15) is 5.01 Å². The Kier molecular flexibility index (Phi) is 7.23. The summed E-state index contributed by atoms with van der Waals surface area (Å²) in [5.74, 6) is -0.657. The molecule has 2 aromatic rings. The number of carbonyl (C=O) groups excluding carboxylic acids is 2. The summed E-state index contributed by atoms with van der Waals surface area (Å²) >= 11 is 13.4. The molecule has 8 heteroatoms. The van der Waals surface area contributed by atoms with E-state index in [-0.39, 0.29) is 11.6 Å². The quantitative estimate of drug-likeness (QED) is 0.633. The molecule has 0 atom stereocenters. The van der Waals surface area contributed by atoms with Gasteiger partial charge in [-0.3, -0.25) is 4.79 Å². The highest BCUT2D eigenvalue weighted by Crippen LogP contribution is 2.23. The van der Waals surface area contributed by atoms with Crippen molar-refractivity contribution >= 4 is 46.4 Å². The third-order valence-electron chi connectivity index (χ3n) is 3.30. The van der Waals surface area contributed by atoms with Crippen LogP contribution < -0.4 is 0 Å². The lowest BCUT2D eigenvalue weighted by Crippen LogP contribution is -2.31. The third-order valence-corrected chi connectivity index (χ3v) is 4.69. The number of ether oxygens (including phenoxy) is 1. The van der Waals surface area contributed by atoms with Crippen LogP contribution in [0.5, 0.6) is 0 Å². The largest absolute Gasteiger partial charge is 0.461 e. The van der Waals surface area contributed by atoms with Crippen molar-refractivity contribution in [2.24, 2.45) is 0 Å². The second kappa shape index (κ2) is 9.17. The molecule has 1 aromatic carbocycles. The topological polar surface area (TPSA) is 59.5 Å². The summed E-state index contributed by atoms with van der Waals surface area (Å²) in [4.78, 5) is 30.4. The van der Waals surface area contributed by atoms with Gasteiger partial charge in [0.2, 0.25) is 0 Å². The minimum atomic E-state index is -0.459. The number of amides is 1. The smallest absolute Gasteiger partial charge is 0.357 e. The monoisotopic (exact) mass is 400 g/mol. The van der Waals surface area contributed by atoms with Gasteiger partial charge in [-0.25, -0.2) is 9.78 Å². The van der Waals surface area contributed by atoms with E-state index in [1.807, 2.05) is 6.92 Å². The summed E-state index contributed by atoms with van der Waals surface area (Å²) in [5.41, 5.74) is 0.650. The molecule has 0 aliphatic rings. The molecule has 5 nitrogen and oxygen atoms in total. The zero-order valence-electron chi connectivity index (χ0n) is 13.9. The number of carbonyl (C=O) groups is 2. The first-order valence-electron chi connectivity index (χ1n) is 7.82. The number of nitrogens with zero attached hydrogens (tertiary/aromatic N) is 2. The van der Waals surface area contributed by atoms with Crippen LogP contribution in [0.1, 0.15) is 46.1 Å². The first kappa shape index (κ1) is 19.7. The van der Waals surface area contributed by atoms with Gasteiger partial charge in [0, 0.05) is 16.9 Å². The average Bonchev–Trinajstić information content (AvgIpc) is 3.03. The van der Waals surface area contributed by atoms with Crippen molar-refractivity contribution in [2.45, 2.75) is 26.8 Å². The van der Waals surface area contributed by atoms with Gasteiger partial charge in [-0.1, -0.05) is 30.1 Å². The normalized spacial score (nSPS) is 10.6. The standard InChI is InChI=1S/C17H18Cl2N2O3S/c1-3-7-21(16(22)12-6-5-11(18)8-13(12)19)9-15-20-14(10-25-15)17(23)24-4-2/h5-6,8,10H,3-4,7,9H2,1-2H3. The number of aromatic nitrogens is 1. The number of hydrogen-bond acceptors (Lipinski definition) is 5. The van der Waals surface area contributed by atoms with E-state index in [0.717, 1.165) is 6.42 Å². The van der Waals surface area contributed by atoms with Gasteiger partial charge in [0.25, 0.3) is 5.91 Å². The van der Waals surface area contributed by atoms with Gasteiger partial charge in [-0.05, 0) is 31.5 Å². The fraction of sp³-hybridized carbons (Fsp3) is 0.353. The van der Waals surface area contributed by atoms with Gasteiger partial charge in [-0.2, -0.15) is 0 Å². The Morgan fingerprint density at radius 1 is 1.28 bits per heavy atom. The predicted octanol–water partition coefficient (Wildman–Crippen LogP) is 4.68. The fourth-order valence-electron chi connectivity index (χ4n) is 2.20. The maximum Gasteiger partial charge on any atom is 0.357 e. The molecule has 1 amide bonds. The van der Waals surface area contributed by atoms with Crippen molar-refractivity contribution in [2.75, 3.05) is 13.2 Å². The highest BCUT2D eigenvalue weighted by Gasteiger charge is 2.20. The number of rotatable bonds is 7. The molecule has 0 N–H and O–H groups in total. The maximum absolute atomic E-state index is 12.8. The van der Waals surface area contributed by atoms with Crippen LogP contribution in [0.25, 0.3) is 0 Å². The summed E-state index contributed by atoms with van der Waals surface area (Å²) in [6.45, 7) is 4.86. The highest BCUT2D eigenvalue weighted by molar-refractivity contribution is 7.09. The van der Waals surface area contributed by atoms with Crippen molar-refractivity contribution < 1.29 is 14.3 Å². The number of halogens is 2. The highest BCUT2D eigenvalue weighted by atomic mass is 35.5. The molecule has 0 aliphatic carbocycles. The summed E-state index contributed by atoms with van der Waals surface area (Å²) in [7, 11) is 0. The lowest BCUT2D eigenvalue weighted by atomic mass is 10.2. The Morgan fingerprint density at radius 3 is 2.68 bits per heavy atom. The van der Waals surface area contributed by atoms with E-state index in [9.17, 15) is 9.59 Å². The molecule has 0 unspecified atom stereocenters. The fourth-order valence-corrected chi connectivity index (χ4v) is 3.47. The van der Waals surface area contributed by atoms with E-state index in [2.05, 4.69) is 4.98 Å². The van der Waals surface area contributed by atoms with Gasteiger partial charge in [0.15, 0.2) is 5.69 Å². The minimum Gasteiger partial charge on any atom is -0.461 e. The van der Waals surface area contributed by atoms with Crippen LogP contribution in [0.4, 0.5) is 0 Å². The van der Waals surface area contributed by atoms with Crippen LogP contribution in [-0.4, -0.2) is 34.9 Å². The number of esters is 1. The summed E-state index contributed by atoms with van der Waals surface area (Å²) in [6, 6.07) is 4.79. The molecule has 2 rings (SSSR count). The van der Waals surface area contributed by atoms with Crippen molar-refractivity contribution in [1.82, 2.24) is 9.88 Å². The zero-order chi connectivity index (χ0) is 18.4. The van der Waals surface area contributed by atoms with Crippen molar-refractivity contribution in [3.8, 4) is 0 Å². The second-order valence-electron chi connectivity index (χ2n) is 5.20. The molecule has 0 fully saturated rings. The van der Waals surface area contributed by atoms with E-state index in [1.165, 1.54) is 11.3 Å². The Bertz CT molecular complexity index is 764. The van der Waals surface area contributed by atoms with E-state index in [1.54, 1.807) is 35.4 Å². The molecule has 0 aliphatic heterocycles. The molecule has 1 heterocycles. The summed E-state index contributed by atoms with van der Waals surface area (Å²) in [5, 5.41) is 3.08. The zero-order valence-corrected chi connectivity index (χ0v) is 16.2. The van der Waals surface area contributed by atoms with E-state index >= 15 is 0 Å². The van der Waals surface area contributed by atoms with Crippen LogP contribution in [0.3, 0.4) is 0 Å².